The van der Waals surface area contributed by atoms with Crippen LogP contribution in [0.15, 0.2) is 24.4 Å². The fourth-order valence-electron chi connectivity index (χ4n) is 2.98. The zero-order valence-electron chi connectivity index (χ0n) is 12.5. The quantitative estimate of drug-likeness (QED) is 0.932. The van der Waals surface area contributed by atoms with Gasteiger partial charge < -0.3 is 14.6 Å². The number of rotatable bonds is 3. The molecule has 21 heavy (non-hydrogen) atoms. The third kappa shape index (κ3) is 2.80. The molecule has 2 heterocycles. The summed E-state index contributed by atoms with van der Waals surface area (Å²) in [6.07, 6.45) is 2.12. The monoisotopic (exact) mass is 287 g/mol. The summed E-state index contributed by atoms with van der Waals surface area (Å²) in [5.74, 6) is -0.869. The Morgan fingerprint density at radius 1 is 1.19 bits per heavy atom. The molecule has 1 aliphatic heterocycles. The van der Waals surface area contributed by atoms with Crippen LogP contribution in [0.25, 0.3) is 10.9 Å². The molecule has 1 fully saturated rings. The van der Waals surface area contributed by atoms with Crippen molar-refractivity contribution in [3.05, 3.63) is 35.5 Å². The van der Waals surface area contributed by atoms with Crippen LogP contribution in [0.2, 0.25) is 0 Å². The second-order valence-corrected chi connectivity index (χ2v) is 5.88. The Labute approximate surface area is 124 Å². The number of fused-ring (bicyclic) bond motifs is 1. The molecule has 0 saturated carbocycles. The van der Waals surface area contributed by atoms with Gasteiger partial charge in [-0.15, -0.1) is 0 Å². The van der Waals surface area contributed by atoms with Crippen molar-refractivity contribution >= 4 is 16.9 Å². The Balaban J connectivity index is 1.90. The number of benzene rings is 1. The fourth-order valence-corrected chi connectivity index (χ4v) is 2.98. The molecule has 0 spiro atoms. The molecule has 5 nitrogen and oxygen atoms in total. The summed E-state index contributed by atoms with van der Waals surface area (Å²) >= 11 is 0. The maximum atomic E-state index is 11.2. The lowest BCUT2D eigenvalue weighted by molar-refractivity contribution is 0.0697. The number of carboxylic acid groups (broad SMARTS) is 1. The number of carbonyl (C=O) groups is 1. The topological polar surface area (TPSA) is 48.7 Å². The summed E-state index contributed by atoms with van der Waals surface area (Å²) in [4.78, 5) is 15.9. The van der Waals surface area contributed by atoms with Crippen LogP contribution in [-0.4, -0.2) is 58.7 Å². The number of likely N-dealkylation sites (N-methyl/N-ethyl adjacent to an activating group) is 1. The summed E-state index contributed by atoms with van der Waals surface area (Å²) in [5.41, 5.74) is 2.65. The Morgan fingerprint density at radius 2 is 1.90 bits per heavy atom. The van der Waals surface area contributed by atoms with E-state index in [9.17, 15) is 4.79 Å². The van der Waals surface area contributed by atoms with Crippen LogP contribution in [0.5, 0.6) is 0 Å². The van der Waals surface area contributed by atoms with E-state index in [1.807, 2.05) is 13.1 Å². The third-order valence-electron chi connectivity index (χ3n) is 4.31. The van der Waals surface area contributed by atoms with Crippen molar-refractivity contribution in [2.45, 2.75) is 6.54 Å². The highest BCUT2D eigenvalue weighted by molar-refractivity contribution is 5.94. The number of hydrogen-bond acceptors (Lipinski definition) is 3. The smallest absolute Gasteiger partial charge is 0.335 e. The van der Waals surface area contributed by atoms with E-state index in [0.717, 1.165) is 43.6 Å². The molecule has 0 amide bonds. The van der Waals surface area contributed by atoms with Gasteiger partial charge in [0.1, 0.15) is 0 Å². The molecule has 1 saturated heterocycles. The van der Waals surface area contributed by atoms with Gasteiger partial charge in [-0.25, -0.2) is 4.79 Å². The molecule has 1 aliphatic rings. The third-order valence-corrected chi connectivity index (χ3v) is 4.31. The number of aromatic carboxylic acids is 1. The lowest BCUT2D eigenvalue weighted by Crippen LogP contribution is -2.43. The molecule has 3 rings (SSSR count). The fraction of sp³-hybridized carbons (Fsp3) is 0.438. The number of carboxylic acids is 1. The van der Waals surface area contributed by atoms with Gasteiger partial charge in [-0.3, -0.25) is 4.90 Å². The zero-order valence-corrected chi connectivity index (χ0v) is 12.5. The van der Waals surface area contributed by atoms with Crippen LogP contribution in [0.1, 0.15) is 15.9 Å². The van der Waals surface area contributed by atoms with Crippen LogP contribution in [0.3, 0.4) is 0 Å². The van der Waals surface area contributed by atoms with Gasteiger partial charge in [0.25, 0.3) is 0 Å². The zero-order chi connectivity index (χ0) is 15.0. The summed E-state index contributed by atoms with van der Waals surface area (Å²) in [6.45, 7) is 5.18. The minimum Gasteiger partial charge on any atom is -0.478 e. The lowest BCUT2D eigenvalue weighted by atomic mass is 10.1. The maximum Gasteiger partial charge on any atom is 0.335 e. The van der Waals surface area contributed by atoms with Crippen molar-refractivity contribution in [2.24, 2.45) is 7.05 Å². The highest BCUT2D eigenvalue weighted by Crippen LogP contribution is 2.24. The molecule has 0 radical (unpaired) electrons. The van der Waals surface area contributed by atoms with E-state index in [-0.39, 0.29) is 0 Å². The van der Waals surface area contributed by atoms with Gasteiger partial charge in [-0.05, 0) is 30.8 Å². The minimum absolute atomic E-state index is 0.355. The average Bonchev–Trinajstić information content (AvgIpc) is 2.77. The first kappa shape index (κ1) is 14.1. The average molecular weight is 287 g/mol. The van der Waals surface area contributed by atoms with Crippen molar-refractivity contribution in [3.8, 4) is 0 Å². The van der Waals surface area contributed by atoms with Gasteiger partial charge >= 0.3 is 5.97 Å². The van der Waals surface area contributed by atoms with E-state index < -0.39 is 5.97 Å². The molecule has 1 aromatic heterocycles. The number of hydrogen-bond donors (Lipinski definition) is 1. The first-order chi connectivity index (χ1) is 10.0. The molecule has 2 aromatic rings. The number of aromatic nitrogens is 1. The van der Waals surface area contributed by atoms with Crippen LogP contribution < -0.4 is 0 Å². The van der Waals surface area contributed by atoms with E-state index >= 15 is 0 Å². The van der Waals surface area contributed by atoms with Crippen molar-refractivity contribution in [1.29, 1.82) is 0 Å². The lowest BCUT2D eigenvalue weighted by Gasteiger charge is -2.32. The Bertz CT molecular complexity index is 669. The first-order valence-corrected chi connectivity index (χ1v) is 7.27. The van der Waals surface area contributed by atoms with Crippen molar-refractivity contribution in [2.75, 3.05) is 33.2 Å². The van der Waals surface area contributed by atoms with Gasteiger partial charge in [0.05, 0.1) is 5.56 Å². The van der Waals surface area contributed by atoms with Crippen molar-refractivity contribution in [1.82, 2.24) is 14.4 Å². The molecule has 0 atom stereocenters. The molecular weight excluding hydrogens is 266 g/mol. The SMILES string of the molecule is CN1CCN(Cc2cn(C)c3ccc(C(=O)O)cc23)CC1. The highest BCUT2D eigenvalue weighted by atomic mass is 16.4. The molecule has 5 heteroatoms. The number of piperazine rings is 1. The summed E-state index contributed by atoms with van der Waals surface area (Å²) < 4.78 is 2.08. The standard InChI is InChI=1S/C16H21N3O2/c1-17-5-7-19(8-6-17)11-13-10-18(2)15-4-3-12(16(20)21)9-14(13)15/h3-4,9-10H,5-8,11H2,1-2H3,(H,20,21). The highest BCUT2D eigenvalue weighted by Gasteiger charge is 2.17. The molecule has 1 aromatic carbocycles. The number of aryl methyl sites for hydroxylation is 1. The van der Waals surface area contributed by atoms with Gasteiger partial charge in [0.15, 0.2) is 0 Å². The first-order valence-electron chi connectivity index (χ1n) is 7.27. The Kier molecular flexibility index (Phi) is 3.69. The van der Waals surface area contributed by atoms with Crippen molar-refractivity contribution in [3.63, 3.8) is 0 Å². The van der Waals surface area contributed by atoms with Crippen LogP contribution in [0.4, 0.5) is 0 Å². The Hall–Kier alpha value is -1.85. The second kappa shape index (κ2) is 5.50. The van der Waals surface area contributed by atoms with Crippen LogP contribution in [0, 0.1) is 0 Å². The molecule has 0 aliphatic carbocycles. The van der Waals surface area contributed by atoms with Crippen LogP contribution >= 0.6 is 0 Å². The summed E-state index contributed by atoms with van der Waals surface area (Å²) in [5, 5.41) is 10.2. The summed E-state index contributed by atoms with van der Waals surface area (Å²) in [6, 6.07) is 5.36. The van der Waals surface area contributed by atoms with E-state index in [1.165, 1.54) is 5.56 Å². The molecular formula is C16H21N3O2. The molecule has 112 valence electrons. The van der Waals surface area contributed by atoms with Gasteiger partial charge in [-0.1, -0.05) is 0 Å². The minimum atomic E-state index is -0.869. The predicted molar refractivity (Wildman–Crippen MR) is 82.7 cm³/mol. The van der Waals surface area contributed by atoms with Gasteiger partial charge in [0.2, 0.25) is 0 Å². The van der Waals surface area contributed by atoms with E-state index in [1.54, 1.807) is 12.1 Å². The Morgan fingerprint density at radius 3 is 2.57 bits per heavy atom. The normalized spacial score (nSPS) is 17.4. The second-order valence-electron chi connectivity index (χ2n) is 5.88. The molecule has 1 N–H and O–H groups in total. The molecule has 0 bridgehead atoms. The van der Waals surface area contributed by atoms with Crippen molar-refractivity contribution < 1.29 is 9.90 Å². The van der Waals surface area contributed by atoms with Gasteiger partial charge in [-0.2, -0.15) is 0 Å². The largest absolute Gasteiger partial charge is 0.478 e. The maximum absolute atomic E-state index is 11.2. The van der Waals surface area contributed by atoms with E-state index in [2.05, 4.69) is 27.6 Å². The predicted octanol–water partition coefficient (Wildman–Crippen LogP) is 1.62. The van der Waals surface area contributed by atoms with E-state index in [0.29, 0.717) is 5.56 Å². The molecule has 0 unspecified atom stereocenters. The summed E-state index contributed by atoms with van der Waals surface area (Å²) in [7, 11) is 4.16. The van der Waals surface area contributed by atoms with E-state index in [4.69, 9.17) is 5.11 Å². The van der Waals surface area contributed by atoms with Crippen LogP contribution in [-0.2, 0) is 13.6 Å². The number of nitrogens with zero attached hydrogens (tertiary/aromatic N) is 3. The van der Waals surface area contributed by atoms with Gasteiger partial charge in [0, 0.05) is 56.9 Å².